The van der Waals surface area contributed by atoms with Crippen molar-refractivity contribution in [1.82, 2.24) is 9.29 Å². The third-order valence-electron chi connectivity index (χ3n) is 5.06. The molecule has 2 heterocycles. The second-order valence-corrected chi connectivity index (χ2v) is 9.53. The van der Waals surface area contributed by atoms with E-state index < -0.39 is 10.0 Å². The molecule has 30 heavy (non-hydrogen) atoms. The highest BCUT2D eigenvalue weighted by Gasteiger charge is 2.31. The number of aromatic nitrogens is 1. The lowest BCUT2D eigenvalue weighted by molar-refractivity contribution is 0.370. The molecule has 0 spiro atoms. The summed E-state index contributed by atoms with van der Waals surface area (Å²) in [6, 6.07) is 14.8. The van der Waals surface area contributed by atoms with Crippen molar-refractivity contribution in [2.45, 2.75) is 4.90 Å². The van der Waals surface area contributed by atoms with Crippen LogP contribution in [0.25, 0.3) is 11.3 Å². The van der Waals surface area contributed by atoms with Gasteiger partial charge in [-0.05, 0) is 12.1 Å². The molecule has 9 heteroatoms. The number of rotatable bonds is 6. The predicted octanol–water partition coefficient (Wildman–Crippen LogP) is 3.34. The Morgan fingerprint density at radius 1 is 0.967 bits per heavy atom. The number of methoxy groups -OCH3 is 2. The number of benzene rings is 2. The molecule has 158 valence electrons. The SMILES string of the molecule is COc1ccc(S(=O)(=O)N2CCN(c3nc(-c4ccccc4)cs3)CC2)c(OC)c1. The van der Waals surface area contributed by atoms with Crippen LogP contribution in [0, 0.1) is 0 Å². The Kier molecular flexibility index (Phi) is 5.94. The molecule has 0 bridgehead atoms. The number of sulfonamides is 1. The van der Waals surface area contributed by atoms with E-state index in [0.29, 0.717) is 31.9 Å². The third kappa shape index (κ3) is 4.00. The van der Waals surface area contributed by atoms with Gasteiger partial charge in [0.05, 0.1) is 19.9 Å². The first-order valence-corrected chi connectivity index (χ1v) is 11.8. The minimum Gasteiger partial charge on any atom is -0.497 e. The summed E-state index contributed by atoms with van der Waals surface area (Å²) in [7, 11) is -0.675. The number of ether oxygens (including phenoxy) is 2. The number of hydrogen-bond donors (Lipinski definition) is 0. The van der Waals surface area contributed by atoms with Crippen LogP contribution in [0.3, 0.4) is 0 Å². The van der Waals surface area contributed by atoms with Gasteiger partial charge in [0, 0.05) is 43.2 Å². The summed E-state index contributed by atoms with van der Waals surface area (Å²) < 4.78 is 38.3. The van der Waals surface area contributed by atoms with Crippen LogP contribution < -0.4 is 14.4 Å². The Bertz CT molecular complexity index is 1110. The summed E-state index contributed by atoms with van der Waals surface area (Å²) in [5.74, 6) is 0.831. The Hall–Kier alpha value is -2.62. The lowest BCUT2D eigenvalue weighted by Crippen LogP contribution is -2.48. The van der Waals surface area contributed by atoms with Gasteiger partial charge in [-0.25, -0.2) is 13.4 Å². The average molecular weight is 446 g/mol. The molecular formula is C21H23N3O4S2. The fourth-order valence-electron chi connectivity index (χ4n) is 3.40. The smallest absolute Gasteiger partial charge is 0.246 e. The van der Waals surface area contributed by atoms with E-state index in [1.54, 1.807) is 23.5 Å². The first-order chi connectivity index (χ1) is 14.5. The maximum atomic E-state index is 13.2. The van der Waals surface area contributed by atoms with Gasteiger partial charge in [-0.15, -0.1) is 11.3 Å². The zero-order valence-corrected chi connectivity index (χ0v) is 18.4. The van der Waals surface area contributed by atoms with Crippen molar-refractivity contribution in [3.05, 3.63) is 53.9 Å². The summed E-state index contributed by atoms with van der Waals surface area (Å²) in [6.07, 6.45) is 0. The molecule has 2 aromatic carbocycles. The van der Waals surface area contributed by atoms with E-state index >= 15 is 0 Å². The number of nitrogens with zero attached hydrogens (tertiary/aromatic N) is 3. The third-order valence-corrected chi connectivity index (χ3v) is 7.90. The average Bonchev–Trinajstić information content (AvgIpc) is 3.29. The van der Waals surface area contributed by atoms with Gasteiger partial charge in [-0.1, -0.05) is 30.3 Å². The zero-order chi connectivity index (χ0) is 21.1. The van der Waals surface area contributed by atoms with Crippen LogP contribution in [0.1, 0.15) is 0 Å². The molecule has 0 aliphatic carbocycles. The molecule has 0 N–H and O–H groups in total. The largest absolute Gasteiger partial charge is 0.497 e. The number of piperazine rings is 1. The molecule has 0 atom stereocenters. The van der Waals surface area contributed by atoms with Crippen LogP contribution in [0.4, 0.5) is 5.13 Å². The van der Waals surface area contributed by atoms with Gasteiger partial charge in [0.15, 0.2) is 5.13 Å². The molecule has 1 aromatic heterocycles. The number of thiazole rings is 1. The van der Waals surface area contributed by atoms with Crippen molar-refractivity contribution < 1.29 is 17.9 Å². The minimum atomic E-state index is -3.66. The fourth-order valence-corrected chi connectivity index (χ4v) is 5.85. The van der Waals surface area contributed by atoms with Crippen molar-refractivity contribution in [2.24, 2.45) is 0 Å². The lowest BCUT2D eigenvalue weighted by atomic mass is 10.2. The zero-order valence-electron chi connectivity index (χ0n) is 16.8. The predicted molar refractivity (Wildman–Crippen MR) is 118 cm³/mol. The topological polar surface area (TPSA) is 72.0 Å². The molecule has 7 nitrogen and oxygen atoms in total. The van der Waals surface area contributed by atoms with Gasteiger partial charge in [0.2, 0.25) is 10.0 Å². The monoisotopic (exact) mass is 445 g/mol. The summed E-state index contributed by atoms with van der Waals surface area (Å²) in [5, 5.41) is 2.95. The molecule has 0 amide bonds. The first kappa shape index (κ1) is 20.6. The second-order valence-electron chi connectivity index (χ2n) is 6.79. The number of hydrogen-bond acceptors (Lipinski definition) is 7. The van der Waals surface area contributed by atoms with Crippen LogP contribution in [0.15, 0.2) is 58.8 Å². The molecule has 1 saturated heterocycles. The van der Waals surface area contributed by atoms with Gasteiger partial charge in [-0.2, -0.15) is 4.31 Å². The van der Waals surface area contributed by atoms with Crippen molar-refractivity contribution in [3.63, 3.8) is 0 Å². The molecule has 1 aliphatic rings. The molecule has 4 rings (SSSR count). The molecular weight excluding hydrogens is 422 g/mol. The van der Waals surface area contributed by atoms with Crippen molar-refractivity contribution in [3.8, 4) is 22.8 Å². The van der Waals surface area contributed by atoms with E-state index in [1.807, 2.05) is 35.7 Å². The number of anilines is 1. The highest BCUT2D eigenvalue weighted by atomic mass is 32.2. The molecule has 0 unspecified atom stereocenters. The highest BCUT2D eigenvalue weighted by molar-refractivity contribution is 7.89. The van der Waals surface area contributed by atoms with Gasteiger partial charge < -0.3 is 14.4 Å². The van der Waals surface area contributed by atoms with E-state index in [9.17, 15) is 8.42 Å². The summed E-state index contributed by atoms with van der Waals surface area (Å²) in [6.45, 7) is 1.94. The van der Waals surface area contributed by atoms with Gasteiger partial charge in [-0.3, -0.25) is 0 Å². The standard InChI is InChI=1S/C21H23N3O4S2/c1-27-17-8-9-20(19(14-17)28-2)30(25,26)24-12-10-23(11-13-24)21-22-18(15-29-21)16-6-4-3-5-7-16/h3-9,14-15H,10-13H2,1-2H3. The van der Waals surface area contributed by atoms with Crippen LogP contribution in [-0.4, -0.2) is 58.1 Å². The molecule has 0 saturated carbocycles. The van der Waals surface area contributed by atoms with Crippen LogP contribution in [0.5, 0.6) is 11.5 Å². The van der Waals surface area contributed by atoms with Crippen molar-refractivity contribution >= 4 is 26.5 Å². The fraction of sp³-hybridized carbons (Fsp3) is 0.286. The molecule has 0 radical (unpaired) electrons. The van der Waals surface area contributed by atoms with Crippen LogP contribution >= 0.6 is 11.3 Å². The lowest BCUT2D eigenvalue weighted by Gasteiger charge is -2.34. The van der Waals surface area contributed by atoms with E-state index in [4.69, 9.17) is 14.5 Å². The van der Waals surface area contributed by atoms with E-state index in [2.05, 4.69) is 4.90 Å². The Morgan fingerprint density at radius 3 is 2.37 bits per heavy atom. The normalized spacial score (nSPS) is 15.2. The first-order valence-electron chi connectivity index (χ1n) is 9.51. The molecule has 1 fully saturated rings. The van der Waals surface area contributed by atoms with Crippen molar-refractivity contribution in [1.29, 1.82) is 0 Å². The second kappa shape index (κ2) is 8.63. The summed E-state index contributed by atoms with van der Waals surface area (Å²) >= 11 is 1.58. The van der Waals surface area contributed by atoms with Crippen molar-refractivity contribution in [2.75, 3.05) is 45.3 Å². The minimum absolute atomic E-state index is 0.153. The maximum Gasteiger partial charge on any atom is 0.246 e. The van der Waals surface area contributed by atoms with E-state index in [0.717, 1.165) is 16.4 Å². The van der Waals surface area contributed by atoms with Gasteiger partial charge in [0.1, 0.15) is 16.4 Å². The quantitative estimate of drug-likeness (QED) is 0.580. The Labute approximate surface area is 180 Å². The maximum absolute atomic E-state index is 13.2. The Balaban J connectivity index is 1.48. The van der Waals surface area contributed by atoms with E-state index in [1.165, 1.54) is 24.6 Å². The molecule has 1 aliphatic heterocycles. The van der Waals surface area contributed by atoms with Gasteiger partial charge in [0.25, 0.3) is 0 Å². The highest BCUT2D eigenvalue weighted by Crippen LogP contribution is 2.32. The van der Waals surface area contributed by atoms with Crippen LogP contribution in [-0.2, 0) is 10.0 Å². The Morgan fingerprint density at radius 2 is 1.70 bits per heavy atom. The summed E-state index contributed by atoms with van der Waals surface area (Å²) in [5.41, 5.74) is 2.02. The molecule has 3 aromatic rings. The van der Waals surface area contributed by atoms with E-state index in [-0.39, 0.29) is 10.6 Å². The van der Waals surface area contributed by atoms with Crippen LogP contribution in [0.2, 0.25) is 0 Å². The van der Waals surface area contributed by atoms with Gasteiger partial charge >= 0.3 is 0 Å². The summed E-state index contributed by atoms with van der Waals surface area (Å²) in [4.78, 5) is 7.02.